The minimum atomic E-state index is -0.552. The number of rotatable bonds is 5. The van der Waals surface area contributed by atoms with E-state index >= 15 is 0 Å². The van der Waals surface area contributed by atoms with Gasteiger partial charge in [0.25, 0.3) is 0 Å². The molecule has 0 spiro atoms. The molecule has 0 amide bonds. The van der Waals surface area contributed by atoms with Gasteiger partial charge in [0.2, 0.25) is 0 Å². The quantitative estimate of drug-likeness (QED) is 0.665. The van der Waals surface area contributed by atoms with Crippen LogP contribution in [0.2, 0.25) is 0 Å². The van der Waals surface area contributed by atoms with Crippen LogP contribution >= 0.6 is 0 Å². The smallest absolute Gasteiger partial charge is 0.0348 e. The molecule has 0 aromatic carbocycles. The van der Waals surface area contributed by atoms with Gasteiger partial charge in [0.1, 0.15) is 0 Å². The third-order valence-corrected chi connectivity index (χ3v) is 4.38. The first-order valence-electron chi connectivity index (χ1n) is 4.92. The zero-order valence-electron chi connectivity index (χ0n) is 7.63. The van der Waals surface area contributed by atoms with E-state index in [0.717, 1.165) is 25.1 Å². The van der Waals surface area contributed by atoms with Gasteiger partial charge in [0, 0.05) is 21.8 Å². The Labute approximate surface area is 77.4 Å². The molecular weight excluding hydrogens is 170 g/mol. The second-order valence-electron chi connectivity index (χ2n) is 3.49. The van der Waals surface area contributed by atoms with Gasteiger partial charge in [-0.25, -0.2) is 0 Å². The van der Waals surface area contributed by atoms with Gasteiger partial charge in [-0.2, -0.15) is 0 Å². The third kappa shape index (κ3) is 3.23. The Morgan fingerprint density at radius 1 is 1.25 bits per heavy atom. The predicted molar refractivity (Wildman–Crippen MR) is 53.6 cm³/mol. The van der Waals surface area contributed by atoms with Crippen LogP contribution in [0.4, 0.5) is 0 Å². The lowest BCUT2D eigenvalue weighted by Crippen LogP contribution is -2.14. The summed E-state index contributed by atoms with van der Waals surface area (Å²) in [7, 11) is -0.552. The molecule has 0 aromatic rings. The van der Waals surface area contributed by atoms with Gasteiger partial charge in [0.05, 0.1) is 0 Å². The van der Waals surface area contributed by atoms with Crippen molar-refractivity contribution >= 4 is 10.8 Å². The summed E-state index contributed by atoms with van der Waals surface area (Å²) in [5.41, 5.74) is 5.37. The Hall–Kier alpha value is 0.110. The number of hydrogen-bond acceptors (Lipinski definition) is 2. The molecule has 0 aliphatic heterocycles. The van der Waals surface area contributed by atoms with Crippen molar-refractivity contribution in [2.24, 2.45) is 5.73 Å². The average Bonchev–Trinajstić information content (AvgIpc) is 2.56. The highest BCUT2D eigenvalue weighted by atomic mass is 32.2. The topological polar surface area (TPSA) is 43.1 Å². The monoisotopic (exact) mass is 189 g/mol. The van der Waals surface area contributed by atoms with Crippen molar-refractivity contribution in [1.82, 2.24) is 0 Å². The first-order valence-corrected chi connectivity index (χ1v) is 6.30. The normalized spacial score (nSPS) is 21.4. The summed E-state index contributed by atoms with van der Waals surface area (Å²) < 4.78 is 11.6. The molecular formula is C9H19NOS. The number of hydrogen-bond donors (Lipinski definition) is 1. The highest BCUT2D eigenvalue weighted by Crippen LogP contribution is 2.23. The molecule has 0 saturated heterocycles. The molecule has 72 valence electrons. The summed E-state index contributed by atoms with van der Waals surface area (Å²) in [4.78, 5) is 0. The molecule has 1 aliphatic carbocycles. The fourth-order valence-corrected chi connectivity index (χ4v) is 3.39. The van der Waals surface area contributed by atoms with Crippen molar-refractivity contribution < 1.29 is 4.21 Å². The maximum absolute atomic E-state index is 11.6. The van der Waals surface area contributed by atoms with Gasteiger partial charge in [-0.15, -0.1) is 0 Å². The fourth-order valence-electron chi connectivity index (χ4n) is 1.71. The lowest BCUT2D eigenvalue weighted by atomic mass is 10.3. The molecule has 1 unspecified atom stereocenters. The minimum absolute atomic E-state index is 0.516. The lowest BCUT2D eigenvalue weighted by Gasteiger charge is -2.07. The fraction of sp³-hybridized carbons (Fsp3) is 1.00. The molecule has 1 atom stereocenters. The predicted octanol–water partition coefficient (Wildman–Crippen LogP) is 1.42. The maximum Gasteiger partial charge on any atom is 0.0348 e. The molecule has 0 heterocycles. The van der Waals surface area contributed by atoms with Crippen LogP contribution < -0.4 is 5.73 Å². The van der Waals surface area contributed by atoms with E-state index in [1.807, 2.05) is 0 Å². The van der Waals surface area contributed by atoms with Crippen LogP contribution in [0.25, 0.3) is 0 Å². The Bertz CT molecular complexity index is 143. The molecule has 12 heavy (non-hydrogen) atoms. The molecule has 0 aromatic heterocycles. The van der Waals surface area contributed by atoms with E-state index in [2.05, 4.69) is 0 Å². The molecule has 3 heteroatoms. The first-order chi connectivity index (χ1) is 5.84. The van der Waals surface area contributed by atoms with E-state index in [4.69, 9.17) is 5.73 Å². The van der Waals surface area contributed by atoms with Gasteiger partial charge >= 0.3 is 0 Å². The second-order valence-corrected chi connectivity index (χ2v) is 5.32. The van der Waals surface area contributed by atoms with Crippen LogP contribution in [-0.2, 0) is 10.8 Å². The minimum Gasteiger partial charge on any atom is -0.330 e. The number of unbranched alkanes of at least 4 members (excludes halogenated alkanes) is 1. The Morgan fingerprint density at radius 3 is 2.50 bits per heavy atom. The van der Waals surface area contributed by atoms with Crippen LogP contribution in [0.3, 0.4) is 0 Å². The zero-order chi connectivity index (χ0) is 8.81. The van der Waals surface area contributed by atoms with Gasteiger partial charge < -0.3 is 5.73 Å². The van der Waals surface area contributed by atoms with Crippen molar-refractivity contribution in [1.29, 1.82) is 0 Å². The Morgan fingerprint density at radius 2 is 1.92 bits per heavy atom. The Kier molecular flexibility index (Phi) is 4.84. The van der Waals surface area contributed by atoms with E-state index < -0.39 is 10.8 Å². The largest absolute Gasteiger partial charge is 0.330 e. The second kappa shape index (κ2) is 5.70. The SMILES string of the molecule is NCCCCS(=O)C1CCCC1. The van der Waals surface area contributed by atoms with E-state index in [1.54, 1.807) is 0 Å². The Balaban J connectivity index is 2.10. The molecule has 1 fully saturated rings. The zero-order valence-corrected chi connectivity index (χ0v) is 8.44. The van der Waals surface area contributed by atoms with Gasteiger partial charge in [-0.3, -0.25) is 4.21 Å². The average molecular weight is 189 g/mol. The molecule has 0 radical (unpaired) electrons. The van der Waals surface area contributed by atoms with E-state index in [-0.39, 0.29) is 0 Å². The summed E-state index contributed by atoms with van der Waals surface area (Å²) in [6.45, 7) is 0.738. The van der Waals surface area contributed by atoms with Gasteiger partial charge in [0.15, 0.2) is 0 Å². The summed E-state index contributed by atoms with van der Waals surface area (Å²) in [5, 5.41) is 0.516. The summed E-state index contributed by atoms with van der Waals surface area (Å²) in [6, 6.07) is 0. The summed E-state index contributed by atoms with van der Waals surface area (Å²) in [5.74, 6) is 0.877. The maximum atomic E-state index is 11.6. The van der Waals surface area contributed by atoms with Crippen molar-refractivity contribution in [2.75, 3.05) is 12.3 Å². The summed E-state index contributed by atoms with van der Waals surface area (Å²) >= 11 is 0. The van der Waals surface area contributed by atoms with Crippen LogP contribution in [0.5, 0.6) is 0 Å². The van der Waals surface area contributed by atoms with Crippen molar-refractivity contribution in [3.8, 4) is 0 Å². The molecule has 2 N–H and O–H groups in total. The van der Waals surface area contributed by atoms with Crippen LogP contribution in [0.15, 0.2) is 0 Å². The standard InChI is InChI=1S/C9H19NOS/c10-7-3-4-8-12(11)9-5-1-2-6-9/h9H,1-8,10H2. The van der Waals surface area contributed by atoms with Crippen LogP contribution in [0.1, 0.15) is 38.5 Å². The van der Waals surface area contributed by atoms with E-state index in [1.165, 1.54) is 25.7 Å². The molecule has 2 nitrogen and oxygen atoms in total. The number of nitrogens with two attached hydrogens (primary N) is 1. The lowest BCUT2D eigenvalue weighted by molar-refractivity contribution is 0.664. The molecule has 1 aliphatic rings. The third-order valence-electron chi connectivity index (χ3n) is 2.47. The van der Waals surface area contributed by atoms with E-state index in [9.17, 15) is 4.21 Å². The highest BCUT2D eigenvalue weighted by Gasteiger charge is 2.20. The molecule has 0 bridgehead atoms. The van der Waals surface area contributed by atoms with Crippen LogP contribution in [-0.4, -0.2) is 21.8 Å². The van der Waals surface area contributed by atoms with E-state index in [0.29, 0.717) is 5.25 Å². The molecule has 1 saturated carbocycles. The van der Waals surface area contributed by atoms with Crippen molar-refractivity contribution in [2.45, 2.75) is 43.8 Å². The van der Waals surface area contributed by atoms with Crippen LogP contribution in [0, 0.1) is 0 Å². The highest BCUT2D eigenvalue weighted by molar-refractivity contribution is 7.85. The first kappa shape index (κ1) is 10.2. The molecule has 1 rings (SSSR count). The van der Waals surface area contributed by atoms with Crippen molar-refractivity contribution in [3.63, 3.8) is 0 Å². The van der Waals surface area contributed by atoms with Gasteiger partial charge in [-0.05, 0) is 32.2 Å². The van der Waals surface area contributed by atoms with Gasteiger partial charge in [-0.1, -0.05) is 12.8 Å². The summed E-state index contributed by atoms with van der Waals surface area (Å²) in [6.07, 6.45) is 7.02. The van der Waals surface area contributed by atoms with Crippen molar-refractivity contribution in [3.05, 3.63) is 0 Å².